The molecule has 1 aromatic heterocycles. The zero-order valence-corrected chi connectivity index (χ0v) is 18.4. The molecule has 1 aliphatic rings. The molecule has 0 N–H and O–H groups in total. The quantitative estimate of drug-likeness (QED) is 0.204. The van der Waals surface area contributed by atoms with E-state index in [2.05, 4.69) is 0 Å². The molecule has 170 valence electrons. The van der Waals surface area contributed by atoms with Crippen molar-refractivity contribution >= 4 is 28.8 Å². The van der Waals surface area contributed by atoms with Crippen LogP contribution >= 0.6 is 0 Å². The average molecular weight is 458 g/mol. The maximum absolute atomic E-state index is 13.5. The molecular weight excluding hydrogens is 439 g/mol. The number of fused-ring (bicyclic) bond motifs is 2. The third kappa shape index (κ3) is 3.92. The van der Waals surface area contributed by atoms with Crippen LogP contribution in [-0.4, -0.2) is 18.4 Å². The van der Waals surface area contributed by atoms with Crippen molar-refractivity contribution < 1.29 is 32.6 Å². The van der Waals surface area contributed by atoms with Gasteiger partial charge >= 0.3 is 5.97 Å². The minimum absolute atomic E-state index is 0.0594. The number of carbonyl (C=O) groups excluding carboxylic acids is 2. The number of hydrogen-bond donors (Lipinski definition) is 0. The van der Waals surface area contributed by atoms with Crippen molar-refractivity contribution in [3.63, 3.8) is 0 Å². The molecule has 0 saturated carbocycles. The van der Waals surface area contributed by atoms with Gasteiger partial charge in [0.1, 0.15) is 40.0 Å². The Morgan fingerprint density at radius 1 is 1.06 bits per heavy atom. The van der Waals surface area contributed by atoms with Crippen LogP contribution in [0.25, 0.3) is 17.0 Å². The number of ether oxygens (including phenoxy) is 3. The number of furan rings is 1. The summed E-state index contributed by atoms with van der Waals surface area (Å²) in [4.78, 5) is 25.7. The lowest BCUT2D eigenvalue weighted by Gasteiger charge is -2.06. The fourth-order valence-electron chi connectivity index (χ4n) is 3.85. The number of ketones is 1. The van der Waals surface area contributed by atoms with Gasteiger partial charge in [-0.2, -0.15) is 0 Å². The third-order valence-corrected chi connectivity index (χ3v) is 5.35. The van der Waals surface area contributed by atoms with Gasteiger partial charge in [-0.3, -0.25) is 4.79 Å². The van der Waals surface area contributed by atoms with E-state index in [1.165, 1.54) is 36.4 Å². The summed E-state index contributed by atoms with van der Waals surface area (Å²) in [5.74, 6) is 0.199. The average Bonchev–Trinajstić information content (AvgIpc) is 3.29. The van der Waals surface area contributed by atoms with Crippen LogP contribution < -0.4 is 14.2 Å². The van der Waals surface area contributed by atoms with Crippen molar-refractivity contribution in [2.24, 2.45) is 0 Å². The van der Waals surface area contributed by atoms with Crippen LogP contribution in [0.1, 0.15) is 39.0 Å². The molecule has 0 unspecified atom stereocenters. The number of hydrogen-bond acceptors (Lipinski definition) is 6. The molecule has 6 nitrogen and oxygen atoms in total. The molecule has 34 heavy (non-hydrogen) atoms. The number of carbonyl (C=O) groups is 2. The lowest BCUT2D eigenvalue weighted by Crippen LogP contribution is -2.09. The van der Waals surface area contributed by atoms with Gasteiger partial charge in [0.2, 0.25) is 5.78 Å². The molecule has 0 amide bonds. The fraction of sp³-hybridized carbons (Fsp3) is 0.111. The zero-order chi connectivity index (χ0) is 23.8. The molecule has 1 aliphatic heterocycles. The number of benzene rings is 3. The van der Waals surface area contributed by atoms with Crippen LogP contribution in [0.2, 0.25) is 0 Å². The van der Waals surface area contributed by atoms with Gasteiger partial charge in [0.05, 0.1) is 12.2 Å². The summed E-state index contributed by atoms with van der Waals surface area (Å²) in [6.07, 6.45) is 1.47. The van der Waals surface area contributed by atoms with E-state index in [4.69, 9.17) is 18.6 Å². The van der Waals surface area contributed by atoms with Crippen LogP contribution in [0, 0.1) is 12.7 Å². The number of esters is 1. The van der Waals surface area contributed by atoms with Crippen molar-refractivity contribution in [1.29, 1.82) is 0 Å². The Morgan fingerprint density at radius 3 is 2.68 bits per heavy atom. The first-order chi connectivity index (χ1) is 16.4. The van der Waals surface area contributed by atoms with E-state index < -0.39 is 11.8 Å². The van der Waals surface area contributed by atoms with Gasteiger partial charge < -0.3 is 18.6 Å². The fourth-order valence-corrected chi connectivity index (χ4v) is 3.85. The largest absolute Gasteiger partial charge is 0.494 e. The number of allylic oxidation sites excluding steroid dienone is 1. The third-order valence-electron chi connectivity index (χ3n) is 5.35. The Labute approximate surface area is 194 Å². The number of rotatable bonds is 5. The smallest absolute Gasteiger partial charge is 0.347 e. The van der Waals surface area contributed by atoms with Gasteiger partial charge in [-0.05, 0) is 68.0 Å². The summed E-state index contributed by atoms with van der Waals surface area (Å²) in [6.45, 7) is 4.05. The molecule has 0 spiro atoms. The first-order valence-corrected chi connectivity index (χ1v) is 10.6. The Kier molecular flexibility index (Phi) is 5.37. The van der Waals surface area contributed by atoms with Gasteiger partial charge in [0.15, 0.2) is 5.76 Å². The van der Waals surface area contributed by atoms with E-state index in [0.717, 1.165) is 0 Å². The van der Waals surface area contributed by atoms with Crippen molar-refractivity contribution in [2.45, 2.75) is 13.8 Å². The molecule has 0 fully saturated rings. The summed E-state index contributed by atoms with van der Waals surface area (Å²) in [7, 11) is 0. The molecule has 2 heterocycles. The Hall–Kier alpha value is -4.39. The normalized spacial score (nSPS) is 13.7. The summed E-state index contributed by atoms with van der Waals surface area (Å²) in [6, 6.07) is 15.6. The first-order valence-electron chi connectivity index (χ1n) is 10.6. The molecule has 0 atom stereocenters. The van der Waals surface area contributed by atoms with Gasteiger partial charge in [-0.25, -0.2) is 9.18 Å². The van der Waals surface area contributed by atoms with Gasteiger partial charge in [0, 0.05) is 11.5 Å². The van der Waals surface area contributed by atoms with Crippen LogP contribution in [0.4, 0.5) is 4.39 Å². The summed E-state index contributed by atoms with van der Waals surface area (Å²) in [5.41, 5.74) is 1.66. The van der Waals surface area contributed by atoms with E-state index in [-0.39, 0.29) is 23.0 Å². The highest BCUT2D eigenvalue weighted by atomic mass is 19.1. The molecular formula is C27H19FO6. The second-order valence-electron chi connectivity index (χ2n) is 7.67. The second-order valence-corrected chi connectivity index (χ2v) is 7.67. The lowest BCUT2D eigenvalue weighted by atomic mass is 10.1. The summed E-state index contributed by atoms with van der Waals surface area (Å²) in [5, 5.41) is 0.585. The van der Waals surface area contributed by atoms with E-state index in [9.17, 15) is 14.0 Å². The van der Waals surface area contributed by atoms with Crippen LogP contribution in [0.15, 0.2) is 70.8 Å². The minimum atomic E-state index is -0.607. The predicted octanol–water partition coefficient (Wildman–Crippen LogP) is 6.11. The van der Waals surface area contributed by atoms with E-state index in [1.54, 1.807) is 37.3 Å². The molecule has 0 bridgehead atoms. The molecule has 4 aromatic rings. The van der Waals surface area contributed by atoms with Crippen LogP contribution in [0.3, 0.4) is 0 Å². The first kappa shape index (κ1) is 21.5. The maximum atomic E-state index is 13.5. The van der Waals surface area contributed by atoms with Gasteiger partial charge in [-0.15, -0.1) is 0 Å². The Morgan fingerprint density at radius 2 is 1.88 bits per heavy atom. The highest BCUT2D eigenvalue weighted by Gasteiger charge is 2.28. The zero-order valence-electron chi connectivity index (χ0n) is 18.4. The molecule has 0 radical (unpaired) electrons. The summed E-state index contributed by atoms with van der Waals surface area (Å²) < 4.78 is 35.9. The summed E-state index contributed by atoms with van der Waals surface area (Å²) >= 11 is 0. The van der Waals surface area contributed by atoms with Gasteiger partial charge in [0.25, 0.3) is 0 Å². The molecule has 3 aromatic carbocycles. The highest BCUT2D eigenvalue weighted by Crippen LogP contribution is 2.36. The maximum Gasteiger partial charge on any atom is 0.347 e. The van der Waals surface area contributed by atoms with Gasteiger partial charge in [-0.1, -0.05) is 12.1 Å². The van der Waals surface area contributed by atoms with Crippen LogP contribution in [0.5, 0.6) is 17.2 Å². The molecule has 0 aliphatic carbocycles. The monoisotopic (exact) mass is 458 g/mol. The number of halogens is 1. The van der Waals surface area contributed by atoms with Crippen molar-refractivity contribution in [3.05, 3.63) is 94.7 Å². The SMILES string of the molecule is CCOc1ccc2oc(C)c(C(=O)Oc3ccc4c(c3)OC(=Cc3cccc(F)c3)C4=O)c2c1. The molecule has 7 heteroatoms. The highest BCUT2D eigenvalue weighted by molar-refractivity contribution is 6.14. The van der Waals surface area contributed by atoms with Crippen molar-refractivity contribution in [3.8, 4) is 17.2 Å². The predicted molar refractivity (Wildman–Crippen MR) is 123 cm³/mol. The van der Waals surface area contributed by atoms with E-state index in [1.807, 2.05) is 6.92 Å². The molecule has 5 rings (SSSR count). The number of aryl methyl sites for hydroxylation is 1. The molecule has 0 saturated heterocycles. The standard InChI is InChI=1S/C27H19FO6/c1-3-31-18-8-10-22-21(13-18)25(15(2)32-22)27(30)33-19-7-9-20-23(14-19)34-24(26(20)29)12-16-5-4-6-17(28)11-16/h4-14H,3H2,1-2H3. The topological polar surface area (TPSA) is 75.0 Å². The van der Waals surface area contributed by atoms with Crippen molar-refractivity contribution in [2.75, 3.05) is 6.61 Å². The lowest BCUT2D eigenvalue weighted by molar-refractivity contribution is 0.0734. The number of Topliss-reactive ketones (excluding diaryl/α,β-unsaturated/α-hetero) is 1. The van der Waals surface area contributed by atoms with Crippen molar-refractivity contribution in [1.82, 2.24) is 0 Å². The Balaban J connectivity index is 1.41. The minimum Gasteiger partial charge on any atom is -0.494 e. The van der Waals surface area contributed by atoms with Crippen LogP contribution in [-0.2, 0) is 0 Å². The second kappa shape index (κ2) is 8.51. The Bertz CT molecular complexity index is 1480. The van der Waals surface area contributed by atoms with E-state index >= 15 is 0 Å². The van der Waals surface area contributed by atoms with E-state index in [0.29, 0.717) is 45.8 Å².